The Bertz CT molecular complexity index is 4110. The lowest BCUT2D eigenvalue weighted by Crippen LogP contribution is -2.16. The fourth-order valence-electron chi connectivity index (χ4n) is 12.0. The molecule has 0 amide bonds. The molecule has 0 aliphatic heterocycles. The third-order valence-corrected chi connectivity index (χ3v) is 16.0. The van der Waals surface area contributed by atoms with Crippen LogP contribution in [-0.2, 0) is 21.7 Å². The van der Waals surface area contributed by atoms with Crippen LogP contribution in [0.3, 0.4) is 0 Å². The molecule has 0 saturated carbocycles. The maximum absolute atomic E-state index is 7.24. The van der Waals surface area contributed by atoms with Gasteiger partial charge < -0.3 is 18.6 Å². The Morgan fingerprint density at radius 3 is 1.12 bits per heavy atom. The van der Waals surface area contributed by atoms with E-state index >= 15 is 0 Å². The summed E-state index contributed by atoms with van der Waals surface area (Å²) in [6.45, 7) is 27.4. The highest BCUT2D eigenvalue weighted by atomic mass is 16.3. The van der Waals surface area contributed by atoms with E-state index in [2.05, 4.69) is 263 Å². The van der Waals surface area contributed by atoms with E-state index in [1.807, 2.05) is 0 Å². The second kappa shape index (κ2) is 17.0. The molecule has 0 unspecified atom stereocenters. The molecule has 10 aromatic carbocycles. The first-order valence-corrected chi connectivity index (χ1v) is 26.7. The van der Waals surface area contributed by atoms with E-state index in [0.29, 0.717) is 0 Å². The van der Waals surface area contributed by atoms with Crippen molar-refractivity contribution in [3.63, 3.8) is 0 Å². The molecular formula is C70H68N2O2. The second-order valence-corrected chi connectivity index (χ2v) is 24.6. The SMILES string of the molecule is CCCC(C)(C)c1cccc2c1oc1c(N(c3ccc(C(C)(C)C)cc3)c3ccc4ccc5c(N(c6ccc(C(C)(C)C)cc6)c6cccc7c6oc6c(C(C)(C)C)cccc67)ccc6ccc3c4c65)cccc12. The number of para-hydroxylation sites is 4. The van der Waals surface area contributed by atoms with Crippen molar-refractivity contribution in [2.24, 2.45) is 0 Å². The number of hydrogen-bond donors (Lipinski definition) is 0. The van der Waals surface area contributed by atoms with E-state index in [-0.39, 0.29) is 21.7 Å². The van der Waals surface area contributed by atoms with Gasteiger partial charge in [-0.25, -0.2) is 0 Å². The van der Waals surface area contributed by atoms with Crippen molar-refractivity contribution in [3.05, 3.63) is 192 Å². The summed E-state index contributed by atoms with van der Waals surface area (Å²) in [5, 5.41) is 11.7. The largest absolute Gasteiger partial charge is 0.454 e. The number of nitrogens with zero attached hydrogens (tertiary/aromatic N) is 2. The Labute approximate surface area is 436 Å². The van der Waals surface area contributed by atoms with Crippen LogP contribution in [0.15, 0.2) is 179 Å². The summed E-state index contributed by atoms with van der Waals surface area (Å²) in [4.78, 5) is 4.88. The number of hydrogen-bond acceptors (Lipinski definition) is 4. The van der Waals surface area contributed by atoms with Crippen LogP contribution in [0.25, 0.3) is 76.2 Å². The molecule has 0 fully saturated rings. The minimum atomic E-state index is -0.0973. The summed E-state index contributed by atoms with van der Waals surface area (Å²) in [5.41, 5.74) is 14.9. The minimum absolute atomic E-state index is 0.00230. The molecule has 4 nitrogen and oxygen atoms in total. The molecule has 0 bridgehead atoms. The van der Waals surface area contributed by atoms with Crippen LogP contribution in [0.4, 0.5) is 34.1 Å². The molecule has 0 aliphatic rings. The normalized spacial score (nSPS) is 13.0. The molecule has 370 valence electrons. The van der Waals surface area contributed by atoms with Crippen molar-refractivity contribution >= 4 is 110 Å². The van der Waals surface area contributed by atoms with E-state index in [1.54, 1.807) is 0 Å². The highest BCUT2D eigenvalue weighted by Gasteiger charge is 2.30. The van der Waals surface area contributed by atoms with Crippen LogP contribution >= 0.6 is 0 Å². The lowest BCUT2D eigenvalue weighted by Gasteiger charge is -2.30. The Balaban J connectivity index is 1.12. The van der Waals surface area contributed by atoms with Crippen molar-refractivity contribution in [1.82, 2.24) is 0 Å². The number of anilines is 6. The molecule has 0 radical (unpaired) electrons. The van der Waals surface area contributed by atoms with Gasteiger partial charge in [0.1, 0.15) is 11.2 Å². The van der Waals surface area contributed by atoms with Gasteiger partial charge in [0.25, 0.3) is 0 Å². The van der Waals surface area contributed by atoms with Crippen LogP contribution in [-0.4, -0.2) is 0 Å². The first kappa shape index (κ1) is 47.4. The van der Waals surface area contributed by atoms with Gasteiger partial charge in [0.2, 0.25) is 0 Å². The van der Waals surface area contributed by atoms with Crippen molar-refractivity contribution in [2.45, 2.75) is 118 Å². The zero-order valence-corrected chi connectivity index (χ0v) is 45.3. The zero-order chi connectivity index (χ0) is 51.6. The number of furan rings is 2. The molecule has 0 atom stereocenters. The summed E-state index contributed by atoms with van der Waals surface area (Å²) in [6.07, 6.45) is 2.17. The van der Waals surface area contributed by atoms with Gasteiger partial charge >= 0.3 is 0 Å². The molecule has 74 heavy (non-hydrogen) atoms. The lowest BCUT2D eigenvalue weighted by atomic mass is 9.80. The van der Waals surface area contributed by atoms with Crippen LogP contribution < -0.4 is 9.80 Å². The Hall–Kier alpha value is -7.56. The molecule has 2 heterocycles. The van der Waals surface area contributed by atoms with Gasteiger partial charge in [0.15, 0.2) is 11.2 Å². The zero-order valence-electron chi connectivity index (χ0n) is 45.3. The average molecular weight is 969 g/mol. The summed E-state index contributed by atoms with van der Waals surface area (Å²) >= 11 is 0. The molecular weight excluding hydrogens is 901 g/mol. The van der Waals surface area contributed by atoms with Gasteiger partial charge in [-0.2, -0.15) is 0 Å². The molecule has 0 spiro atoms. The van der Waals surface area contributed by atoms with Gasteiger partial charge in [-0.15, -0.1) is 0 Å². The molecule has 2 aromatic heterocycles. The van der Waals surface area contributed by atoms with Gasteiger partial charge in [-0.1, -0.05) is 211 Å². The van der Waals surface area contributed by atoms with Gasteiger partial charge in [0.05, 0.1) is 22.7 Å². The number of benzene rings is 10. The average Bonchev–Trinajstić information content (AvgIpc) is 3.96. The number of fused-ring (bicyclic) bond motifs is 6. The molecule has 4 heteroatoms. The van der Waals surface area contributed by atoms with Crippen LogP contribution in [0.1, 0.15) is 118 Å². The summed E-state index contributed by atoms with van der Waals surface area (Å²) < 4.78 is 14.4. The van der Waals surface area contributed by atoms with Crippen molar-refractivity contribution in [1.29, 1.82) is 0 Å². The van der Waals surface area contributed by atoms with E-state index in [4.69, 9.17) is 8.83 Å². The van der Waals surface area contributed by atoms with Crippen molar-refractivity contribution in [2.75, 3.05) is 9.80 Å². The molecule has 12 aromatic rings. The Morgan fingerprint density at radius 1 is 0.338 bits per heavy atom. The van der Waals surface area contributed by atoms with Gasteiger partial charge in [-0.05, 0) is 109 Å². The van der Waals surface area contributed by atoms with Gasteiger partial charge in [0, 0.05) is 54.8 Å². The standard InChI is InChI=1S/C70H68N2O2/c1-13-42-70(11,12)56-23-15-19-50-52-21-17-25-60(66(52)74-64(50)56)72(48-36-32-46(33-37-48)68(5,6)7)58-41-29-44-26-38-53-57(40-28-43-27-39-54(58)62(44)61(43)53)71(47-34-30-45(31-35-47)67(2,3)4)59-24-16-20-51-49-18-14-22-55(69(8,9)10)63(49)73-65(51)59/h14-41H,13,42H2,1-12H3. The summed E-state index contributed by atoms with van der Waals surface area (Å²) in [6, 6.07) is 63.5. The van der Waals surface area contributed by atoms with Crippen LogP contribution in [0, 0.1) is 0 Å². The van der Waals surface area contributed by atoms with Crippen molar-refractivity contribution in [3.8, 4) is 0 Å². The summed E-state index contributed by atoms with van der Waals surface area (Å²) in [5.74, 6) is 0. The molecule has 0 N–H and O–H groups in total. The van der Waals surface area contributed by atoms with Crippen LogP contribution in [0.2, 0.25) is 0 Å². The fourth-order valence-corrected chi connectivity index (χ4v) is 12.0. The number of rotatable bonds is 9. The predicted octanol–water partition coefficient (Wildman–Crippen LogP) is 21.3. The monoisotopic (exact) mass is 969 g/mol. The fraction of sp³-hybridized carbons (Fsp3) is 0.257. The third-order valence-electron chi connectivity index (χ3n) is 16.0. The highest BCUT2D eigenvalue weighted by molar-refractivity contribution is 6.29. The maximum atomic E-state index is 7.24. The maximum Gasteiger partial charge on any atom is 0.159 e. The molecule has 0 aliphatic carbocycles. The van der Waals surface area contributed by atoms with E-state index in [9.17, 15) is 0 Å². The summed E-state index contributed by atoms with van der Waals surface area (Å²) in [7, 11) is 0. The van der Waals surface area contributed by atoms with E-state index < -0.39 is 0 Å². The highest BCUT2D eigenvalue weighted by Crippen LogP contribution is 2.52. The Morgan fingerprint density at radius 2 is 0.716 bits per heavy atom. The quantitative estimate of drug-likeness (QED) is 0.135. The lowest BCUT2D eigenvalue weighted by molar-refractivity contribution is 0.469. The minimum Gasteiger partial charge on any atom is -0.454 e. The first-order valence-electron chi connectivity index (χ1n) is 26.7. The molecule has 12 rings (SSSR count). The smallest absolute Gasteiger partial charge is 0.159 e. The van der Waals surface area contributed by atoms with Crippen LogP contribution in [0.5, 0.6) is 0 Å². The van der Waals surface area contributed by atoms with Crippen molar-refractivity contribution < 1.29 is 8.83 Å². The van der Waals surface area contributed by atoms with E-state index in [1.165, 1.54) is 54.6 Å². The molecule has 0 saturated heterocycles. The Kier molecular flexibility index (Phi) is 10.9. The predicted molar refractivity (Wildman–Crippen MR) is 318 cm³/mol. The first-order chi connectivity index (χ1) is 35.3. The third kappa shape index (κ3) is 7.62. The van der Waals surface area contributed by atoms with E-state index in [0.717, 1.165) is 90.8 Å². The topological polar surface area (TPSA) is 32.8 Å². The second-order valence-electron chi connectivity index (χ2n) is 24.6. The van der Waals surface area contributed by atoms with Gasteiger partial charge in [-0.3, -0.25) is 0 Å².